The third kappa shape index (κ3) is 5.36. The molecule has 120 valence electrons. The van der Waals surface area contributed by atoms with E-state index in [0.29, 0.717) is 0 Å². The Morgan fingerprint density at radius 3 is 2.33 bits per heavy atom. The SMILES string of the molecule is COC(=O)N1CC(NC(=O)OC(C)(C)C)C(OC(=O)O)C1. The van der Waals surface area contributed by atoms with Crippen molar-refractivity contribution < 1.29 is 33.7 Å². The second-order valence-electron chi connectivity index (χ2n) is 5.55. The maximum absolute atomic E-state index is 11.7. The summed E-state index contributed by atoms with van der Waals surface area (Å²) in [5, 5.41) is 11.2. The van der Waals surface area contributed by atoms with Gasteiger partial charge in [-0.25, -0.2) is 14.4 Å². The second kappa shape index (κ2) is 6.51. The predicted octanol–water partition coefficient (Wildman–Crippen LogP) is 1.02. The highest BCUT2D eigenvalue weighted by Gasteiger charge is 2.40. The van der Waals surface area contributed by atoms with Crippen molar-refractivity contribution in [2.75, 3.05) is 20.2 Å². The molecule has 1 saturated heterocycles. The Labute approximate surface area is 122 Å². The van der Waals surface area contributed by atoms with E-state index in [1.54, 1.807) is 20.8 Å². The molecule has 0 spiro atoms. The molecule has 2 N–H and O–H groups in total. The van der Waals surface area contributed by atoms with Crippen LogP contribution in [0.25, 0.3) is 0 Å². The number of rotatable bonds is 2. The van der Waals surface area contributed by atoms with Crippen LogP contribution in [0.15, 0.2) is 0 Å². The van der Waals surface area contributed by atoms with Gasteiger partial charge in [-0.3, -0.25) is 0 Å². The highest BCUT2D eigenvalue weighted by atomic mass is 16.7. The van der Waals surface area contributed by atoms with Crippen molar-refractivity contribution in [2.45, 2.75) is 38.5 Å². The number of hydrogen-bond donors (Lipinski definition) is 2. The number of alkyl carbamates (subject to hydrolysis) is 1. The molecule has 0 aromatic heterocycles. The highest BCUT2D eigenvalue weighted by Crippen LogP contribution is 2.16. The summed E-state index contributed by atoms with van der Waals surface area (Å²) in [5.74, 6) is 0. The number of hydrogen-bond acceptors (Lipinski definition) is 6. The van der Waals surface area contributed by atoms with Gasteiger partial charge in [-0.15, -0.1) is 0 Å². The van der Waals surface area contributed by atoms with Crippen LogP contribution in [0.4, 0.5) is 14.4 Å². The summed E-state index contributed by atoms with van der Waals surface area (Å²) in [6.45, 7) is 5.18. The normalized spacial score (nSPS) is 21.6. The van der Waals surface area contributed by atoms with Crippen LogP contribution in [0.5, 0.6) is 0 Å². The molecule has 9 nitrogen and oxygen atoms in total. The topological polar surface area (TPSA) is 114 Å². The molecule has 0 aromatic rings. The molecule has 0 aromatic carbocycles. The quantitative estimate of drug-likeness (QED) is 0.578. The molecule has 9 heteroatoms. The van der Waals surface area contributed by atoms with Gasteiger partial charge in [0.05, 0.1) is 19.7 Å². The van der Waals surface area contributed by atoms with E-state index in [0.717, 1.165) is 0 Å². The minimum Gasteiger partial charge on any atom is -0.453 e. The first-order chi connectivity index (χ1) is 9.62. The number of ether oxygens (including phenoxy) is 3. The zero-order valence-corrected chi connectivity index (χ0v) is 12.4. The van der Waals surface area contributed by atoms with Gasteiger partial charge < -0.3 is 29.5 Å². The molecule has 0 aliphatic carbocycles. The van der Waals surface area contributed by atoms with Gasteiger partial charge in [0.1, 0.15) is 11.7 Å². The Kier molecular flexibility index (Phi) is 5.23. The van der Waals surface area contributed by atoms with E-state index in [9.17, 15) is 14.4 Å². The van der Waals surface area contributed by atoms with Gasteiger partial charge in [0.15, 0.2) is 0 Å². The Hall–Kier alpha value is -2.19. The molecule has 2 atom stereocenters. The molecular formula is C12H20N2O7. The zero-order valence-electron chi connectivity index (χ0n) is 12.4. The fourth-order valence-corrected chi connectivity index (χ4v) is 1.90. The summed E-state index contributed by atoms with van der Waals surface area (Å²) >= 11 is 0. The van der Waals surface area contributed by atoms with Crippen LogP contribution in [0.2, 0.25) is 0 Å². The predicted molar refractivity (Wildman–Crippen MR) is 70.0 cm³/mol. The molecule has 21 heavy (non-hydrogen) atoms. The molecule has 1 rings (SSSR count). The smallest absolute Gasteiger partial charge is 0.453 e. The van der Waals surface area contributed by atoms with Crippen molar-refractivity contribution >= 4 is 18.3 Å². The van der Waals surface area contributed by atoms with Crippen LogP contribution < -0.4 is 5.32 Å². The van der Waals surface area contributed by atoms with Crippen LogP contribution in [0.1, 0.15) is 20.8 Å². The molecule has 2 unspecified atom stereocenters. The minimum absolute atomic E-state index is 0.000558. The number of nitrogens with zero attached hydrogens (tertiary/aromatic N) is 1. The maximum atomic E-state index is 11.7. The van der Waals surface area contributed by atoms with Crippen molar-refractivity contribution in [3.05, 3.63) is 0 Å². The van der Waals surface area contributed by atoms with Crippen LogP contribution in [-0.4, -0.2) is 66.3 Å². The fourth-order valence-electron chi connectivity index (χ4n) is 1.90. The Bertz CT molecular complexity index is 418. The van der Waals surface area contributed by atoms with Gasteiger partial charge in [0.25, 0.3) is 0 Å². The minimum atomic E-state index is -1.48. The van der Waals surface area contributed by atoms with Gasteiger partial charge in [-0.05, 0) is 20.8 Å². The van der Waals surface area contributed by atoms with E-state index in [-0.39, 0.29) is 13.1 Å². The van der Waals surface area contributed by atoms with Crippen LogP contribution in [-0.2, 0) is 14.2 Å². The van der Waals surface area contributed by atoms with Gasteiger partial charge in [0, 0.05) is 6.54 Å². The third-order valence-corrected chi connectivity index (χ3v) is 2.65. The first-order valence-corrected chi connectivity index (χ1v) is 6.34. The van der Waals surface area contributed by atoms with E-state index >= 15 is 0 Å². The molecule has 0 radical (unpaired) electrons. The van der Waals surface area contributed by atoms with Crippen molar-refractivity contribution in [2.24, 2.45) is 0 Å². The Morgan fingerprint density at radius 1 is 1.24 bits per heavy atom. The Balaban J connectivity index is 2.69. The summed E-state index contributed by atoms with van der Waals surface area (Å²) in [7, 11) is 1.21. The zero-order chi connectivity index (χ0) is 16.2. The number of carboxylic acid groups (broad SMARTS) is 1. The molecule has 1 fully saturated rings. The molecule has 0 bridgehead atoms. The van der Waals surface area contributed by atoms with Gasteiger partial charge in [-0.1, -0.05) is 0 Å². The van der Waals surface area contributed by atoms with E-state index in [2.05, 4.69) is 14.8 Å². The molecule has 1 aliphatic rings. The molecule has 1 heterocycles. The average Bonchev–Trinajstić information content (AvgIpc) is 2.68. The first kappa shape index (κ1) is 16.9. The summed E-state index contributed by atoms with van der Waals surface area (Å²) in [5.41, 5.74) is -0.687. The summed E-state index contributed by atoms with van der Waals surface area (Å²) in [4.78, 5) is 35.1. The van der Waals surface area contributed by atoms with Crippen LogP contribution in [0.3, 0.4) is 0 Å². The number of carbonyl (C=O) groups excluding carboxylic acids is 2. The van der Waals surface area contributed by atoms with Crippen molar-refractivity contribution in [3.63, 3.8) is 0 Å². The summed E-state index contributed by atoms with van der Waals surface area (Å²) in [6.07, 6.45) is -3.70. The highest BCUT2D eigenvalue weighted by molar-refractivity contribution is 5.70. The van der Waals surface area contributed by atoms with Crippen molar-refractivity contribution in [3.8, 4) is 0 Å². The monoisotopic (exact) mass is 304 g/mol. The van der Waals surface area contributed by atoms with E-state index in [1.165, 1.54) is 12.0 Å². The lowest BCUT2D eigenvalue weighted by Gasteiger charge is -2.23. The number of amides is 2. The van der Waals surface area contributed by atoms with Crippen molar-refractivity contribution in [1.29, 1.82) is 0 Å². The molecule has 2 amide bonds. The van der Waals surface area contributed by atoms with Gasteiger partial charge in [-0.2, -0.15) is 0 Å². The lowest BCUT2D eigenvalue weighted by Crippen LogP contribution is -2.46. The molecule has 1 aliphatic heterocycles. The van der Waals surface area contributed by atoms with Crippen LogP contribution >= 0.6 is 0 Å². The average molecular weight is 304 g/mol. The second-order valence-corrected chi connectivity index (χ2v) is 5.55. The molecular weight excluding hydrogens is 284 g/mol. The lowest BCUT2D eigenvalue weighted by atomic mass is 10.2. The number of methoxy groups -OCH3 is 1. The standard InChI is InChI=1S/C12H20N2O7/c1-12(2,3)21-9(15)13-7-5-14(10(16)19-4)6-8(7)20-11(17)18/h7-8H,5-6H2,1-4H3,(H,13,15)(H,17,18). The summed E-state index contributed by atoms with van der Waals surface area (Å²) < 4.78 is 14.3. The first-order valence-electron chi connectivity index (χ1n) is 6.34. The molecule has 0 saturated carbocycles. The number of carbonyl (C=O) groups is 3. The number of likely N-dealkylation sites (tertiary alicyclic amines) is 1. The largest absolute Gasteiger partial charge is 0.506 e. The van der Waals surface area contributed by atoms with Crippen LogP contribution in [0, 0.1) is 0 Å². The fraction of sp³-hybridized carbons (Fsp3) is 0.750. The van der Waals surface area contributed by atoms with Gasteiger partial charge >= 0.3 is 18.3 Å². The van der Waals surface area contributed by atoms with E-state index in [4.69, 9.17) is 9.84 Å². The third-order valence-electron chi connectivity index (χ3n) is 2.65. The van der Waals surface area contributed by atoms with Gasteiger partial charge in [0.2, 0.25) is 0 Å². The summed E-state index contributed by atoms with van der Waals surface area (Å²) in [6, 6.07) is -0.699. The number of nitrogens with one attached hydrogen (secondary N) is 1. The van der Waals surface area contributed by atoms with E-state index in [1.807, 2.05) is 0 Å². The lowest BCUT2D eigenvalue weighted by molar-refractivity contribution is 0.0316. The maximum Gasteiger partial charge on any atom is 0.506 e. The van der Waals surface area contributed by atoms with Crippen molar-refractivity contribution in [1.82, 2.24) is 10.2 Å². The Morgan fingerprint density at radius 2 is 1.86 bits per heavy atom. The van der Waals surface area contributed by atoms with E-state index < -0.39 is 36.1 Å².